The van der Waals surface area contributed by atoms with Gasteiger partial charge in [-0.15, -0.1) is 0 Å². The number of halogens is 2. The topological polar surface area (TPSA) is 26.0 Å². The van der Waals surface area contributed by atoms with Crippen LogP contribution in [-0.2, 0) is 11.8 Å². The molecule has 0 aromatic heterocycles. The van der Waals surface area contributed by atoms with Gasteiger partial charge in [0.25, 0.3) is 0 Å². The van der Waals surface area contributed by atoms with Gasteiger partial charge in [0.1, 0.15) is 0 Å². The van der Waals surface area contributed by atoms with Crippen molar-refractivity contribution in [2.45, 2.75) is 38.6 Å². The van der Waals surface area contributed by atoms with Gasteiger partial charge in [-0.1, -0.05) is 74.3 Å². The molecule has 1 unspecified atom stereocenters. The van der Waals surface area contributed by atoms with E-state index in [2.05, 4.69) is 39.0 Å². The van der Waals surface area contributed by atoms with Crippen molar-refractivity contribution in [2.75, 3.05) is 0 Å². The van der Waals surface area contributed by atoms with Crippen LogP contribution in [0.3, 0.4) is 0 Å². The Balaban J connectivity index is 2.36. The molecule has 0 aliphatic heterocycles. The lowest BCUT2D eigenvalue weighted by Crippen LogP contribution is -2.21. The van der Waals surface area contributed by atoms with Crippen LogP contribution in [0.5, 0.6) is 0 Å². The second-order valence-corrected chi connectivity index (χ2v) is 7.16. The van der Waals surface area contributed by atoms with Crippen molar-refractivity contribution >= 4 is 23.2 Å². The molecule has 2 rings (SSSR count). The highest BCUT2D eigenvalue weighted by Gasteiger charge is 2.21. The molecule has 0 aliphatic carbocycles. The highest BCUT2D eigenvalue weighted by molar-refractivity contribution is 6.36. The molecule has 112 valence electrons. The number of hydrogen-bond donors (Lipinski definition) is 1. The van der Waals surface area contributed by atoms with E-state index in [1.54, 1.807) is 0 Å². The zero-order valence-corrected chi connectivity index (χ0v) is 14.2. The first-order valence-corrected chi connectivity index (χ1v) is 7.84. The van der Waals surface area contributed by atoms with Crippen LogP contribution in [0.4, 0.5) is 0 Å². The Morgan fingerprint density at radius 3 is 2.10 bits per heavy atom. The molecule has 0 spiro atoms. The lowest BCUT2D eigenvalue weighted by molar-refractivity contribution is 0.569. The molecule has 0 amide bonds. The maximum absolute atomic E-state index is 6.45. The predicted molar refractivity (Wildman–Crippen MR) is 92.2 cm³/mol. The third-order valence-electron chi connectivity index (χ3n) is 3.65. The Morgan fingerprint density at radius 2 is 1.52 bits per heavy atom. The lowest BCUT2D eigenvalue weighted by atomic mass is 9.81. The Bertz CT molecular complexity index is 609. The molecule has 0 bridgehead atoms. The molecule has 1 atom stereocenters. The fourth-order valence-electron chi connectivity index (χ4n) is 2.56. The number of benzene rings is 2. The van der Waals surface area contributed by atoms with Crippen molar-refractivity contribution in [3.63, 3.8) is 0 Å². The van der Waals surface area contributed by atoms with Gasteiger partial charge in [-0.2, -0.15) is 0 Å². The van der Waals surface area contributed by atoms with Crippen LogP contribution in [0.2, 0.25) is 10.0 Å². The van der Waals surface area contributed by atoms with Crippen molar-refractivity contribution in [3.8, 4) is 0 Å². The summed E-state index contributed by atoms with van der Waals surface area (Å²) in [5, 5.41) is 1.34. The van der Waals surface area contributed by atoms with Gasteiger partial charge in [-0.05, 0) is 40.7 Å². The average molecular weight is 322 g/mol. The lowest BCUT2D eigenvalue weighted by Gasteiger charge is -2.26. The molecular weight excluding hydrogens is 301 g/mol. The van der Waals surface area contributed by atoms with Gasteiger partial charge in [0.15, 0.2) is 0 Å². The largest absolute Gasteiger partial charge is 0.324 e. The molecular formula is C18H21Cl2N. The summed E-state index contributed by atoms with van der Waals surface area (Å²) >= 11 is 12.5. The zero-order chi connectivity index (χ0) is 15.6. The Hall–Kier alpha value is -1.02. The standard InChI is InChI=1S/C18H21Cl2N/c1-18(2,3)14-8-5-4-7-12(14)17(21)11-13-15(19)9-6-10-16(13)20/h4-10,17H,11,21H2,1-3H3. The highest BCUT2D eigenvalue weighted by atomic mass is 35.5. The van der Waals surface area contributed by atoms with Gasteiger partial charge in [-0.25, -0.2) is 0 Å². The number of rotatable bonds is 3. The Morgan fingerprint density at radius 1 is 0.952 bits per heavy atom. The van der Waals surface area contributed by atoms with E-state index in [0.29, 0.717) is 16.5 Å². The van der Waals surface area contributed by atoms with Crippen molar-refractivity contribution < 1.29 is 0 Å². The molecule has 0 fully saturated rings. The second kappa shape index (κ2) is 6.39. The van der Waals surface area contributed by atoms with Crippen LogP contribution in [0.1, 0.15) is 43.5 Å². The molecule has 3 heteroatoms. The van der Waals surface area contributed by atoms with Gasteiger partial charge in [0.2, 0.25) is 0 Å². The van der Waals surface area contributed by atoms with Gasteiger partial charge >= 0.3 is 0 Å². The van der Waals surface area contributed by atoms with E-state index in [0.717, 1.165) is 11.1 Å². The summed E-state index contributed by atoms with van der Waals surface area (Å²) in [4.78, 5) is 0. The van der Waals surface area contributed by atoms with Gasteiger partial charge in [0, 0.05) is 16.1 Å². The highest BCUT2D eigenvalue weighted by Crippen LogP contribution is 2.33. The minimum atomic E-state index is -0.127. The summed E-state index contributed by atoms with van der Waals surface area (Å²) in [6.07, 6.45) is 0.631. The van der Waals surface area contributed by atoms with E-state index >= 15 is 0 Å². The molecule has 2 N–H and O–H groups in total. The first-order valence-electron chi connectivity index (χ1n) is 7.08. The Labute approximate surface area is 137 Å². The van der Waals surface area contributed by atoms with E-state index in [1.807, 2.05) is 24.3 Å². The summed E-state index contributed by atoms with van der Waals surface area (Å²) in [5.74, 6) is 0. The molecule has 0 saturated heterocycles. The van der Waals surface area contributed by atoms with Crippen molar-refractivity contribution in [3.05, 3.63) is 69.2 Å². The molecule has 0 heterocycles. The second-order valence-electron chi connectivity index (χ2n) is 6.35. The molecule has 0 saturated carbocycles. The smallest absolute Gasteiger partial charge is 0.0453 e. The normalized spacial score (nSPS) is 13.2. The van der Waals surface area contributed by atoms with E-state index in [9.17, 15) is 0 Å². The first kappa shape index (κ1) is 16.4. The maximum Gasteiger partial charge on any atom is 0.0453 e. The first-order chi connectivity index (χ1) is 9.80. The van der Waals surface area contributed by atoms with Crippen LogP contribution in [0.25, 0.3) is 0 Å². The molecule has 21 heavy (non-hydrogen) atoms. The summed E-state index contributed by atoms with van der Waals surface area (Å²) in [7, 11) is 0. The predicted octanol–water partition coefficient (Wildman–Crippen LogP) is 5.53. The third kappa shape index (κ3) is 3.79. The summed E-state index contributed by atoms with van der Waals surface area (Å²) < 4.78 is 0. The van der Waals surface area contributed by atoms with Gasteiger partial charge < -0.3 is 5.73 Å². The van der Waals surface area contributed by atoms with E-state index in [1.165, 1.54) is 5.56 Å². The van der Waals surface area contributed by atoms with Crippen molar-refractivity contribution in [1.82, 2.24) is 0 Å². The monoisotopic (exact) mass is 321 g/mol. The van der Waals surface area contributed by atoms with Crippen LogP contribution in [0.15, 0.2) is 42.5 Å². The summed E-state index contributed by atoms with van der Waals surface area (Å²) in [6.45, 7) is 6.59. The zero-order valence-electron chi connectivity index (χ0n) is 12.7. The fourth-order valence-corrected chi connectivity index (χ4v) is 3.11. The minimum Gasteiger partial charge on any atom is -0.324 e. The van der Waals surface area contributed by atoms with E-state index in [-0.39, 0.29) is 11.5 Å². The van der Waals surface area contributed by atoms with Crippen LogP contribution >= 0.6 is 23.2 Å². The quantitative estimate of drug-likeness (QED) is 0.789. The summed E-state index contributed by atoms with van der Waals surface area (Å²) in [5.41, 5.74) is 9.83. The molecule has 0 radical (unpaired) electrons. The van der Waals surface area contributed by atoms with E-state index < -0.39 is 0 Å². The maximum atomic E-state index is 6.45. The molecule has 2 aromatic carbocycles. The van der Waals surface area contributed by atoms with Crippen molar-refractivity contribution in [1.29, 1.82) is 0 Å². The minimum absolute atomic E-state index is 0.0541. The average Bonchev–Trinajstić information content (AvgIpc) is 2.42. The number of nitrogens with two attached hydrogens (primary N) is 1. The number of hydrogen-bond acceptors (Lipinski definition) is 1. The van der Waals surface area contributed by atoms with E-state index in [4.69, 9.17) is 28.9 Å². The third-order valence-corrected chi connectivity index (χ3v) is 4.36. The molecule has 0 aliphatic rings. The van der Waals surface area contributed by atoms with Crippen LogP contribution < -0.4 is 5.73 Å². The van der Waals surface area contributed by atoms with Crippen LogP contribution in [-0.4, -0.2) is 0 Å². The van der Waals surface area contributed by atoms with Crippen LogP contribution in [0, 0.1) is 0 Å². The summed E-state index contributed by atoms with van der Waals surface area (Å²) in [6, 6.07) is 13.7. The molecule has 1 nitrogen and oxygen atoms in total. The fraction of sp³-hybridized carbons (Fsp3) is 0.333. The molecule has 2 aromatic rings. The van der Waals surface area contributed by atoms with Crippen molar-refractivity contribution in [2.24, 2.45) is 5.73 Å². The Kier molecular flexibility index (Phi) is 4.98. The van der Waals surface area contributed by atoms with Gasteiger partial charge in [-0.3, -0.25) is 0 Å². The van der Waals surface area contributed by atoms with Gasteiger partial charge in [0.05, 0.1) is 0 Å². The SMILES string of the molecule is CC(C)(C)c1ccccc1C(N)Cc1c(Cl)cccc1Cl.